The van der Waals surface area contributed by atoms with Gasteiger partial charge in [-0.25, -0.2) is 0 Å². The van der Waals surface area contributed by atoms with Crippen LogP contribution in [0.5, 0.6) is 11.5 Å². The Kier molecular flexibility index (Phi) is 14.7. The number of rotatable bonds is 10. The van der Waals surface area contributed by atoms with Gasteiger partial charge in [-0.05, 0) is 161 Å². The number of carbonyl (C=O) groups excluding carboxylic acids is 2. The fourth-order valence-corrected chi connectivity index (χ4v) is 10.7. The number of Topliss-reactive ketones (excluding diaryl/α,β-unsaturated/α-hetero) is 2. The first kappa shape index (κ1) is 52.8. The van der Waals surface area contributed by atoms with Crippen molar-refractivity contribution < 1.29 is 14.3 Å². The number of hydrogen-bond acceptors (Lipinski definition) is 3. The lowest BCUT2D eigenvalue weighted by Crippen LogP contribution is -2.02. The van der Waals surface area contributed by atoms with E-state index >= 15 is 9.59 Å². The predicted molar refractivity (Wildman–Crippen MR) is 342 cm³/mol. The predicted octanol–water partition coefficient (Wildman–Crippen LogP) is 16.7. The highest BCUT2D eigenvalue weighted by atomic mass is 16.5. The van der Waals surface area contributed by atoms with E-state index in [-0.39, 0.29) is 11.6 Å². The quantitative estimate of drug-likeness (QED) is 0.128. The van der Waals surface area contributed by atoms with Crippen molar-refractivity contribution in [2.24, 2.45) is 0 Å². The minimum Gasteiger partial charge on any atom is -0.457 e. The summed E-state index contributed by atoms with van der Waals surface area (Å²) in [4.78, 5) is 30.6. The molecular formula is C81H48O3. The van der Waals surface area contributed by atoms with Gasteiger partial charge in [-0.3, -0.25) is 9.59 Å². The van der Waals surface area contributed by atoms with Crippen molar-refractivity contribution in [3.63, 3.8) is 0 Å². The number of aryl methyl sites for hydroxylation is 1. The van der Waals surface area contributed by atoms with E-state index in [2.05, 4.69) is 41.4 Å². The van der Waals surface area contributed by atoms with Crippen LogP contribution >= 0.6 is 0 Å². The molecule has 0 heterocycles. The molecule has 10 aromatic rings. The molecule has 0 spiro atoms. The monoisotopic (exact) mass is 1070 g/mol. The molecule has 3 heteroatoms. The zero-order chi connectivity index (χ0) is 57.5. The summed E-state index contributed by atoms with van der Waals surface area (Å²) in [6.07, 6.45) is 17.4. The molecule has 0 N–H and O–H groups in total. The van der Waals surface area contributed by atoms with Gasteiger partial charge in [-0.1, -0.05) is 193 Å². The lowest BCUT2D eigenvalue weighted by molar-refractivity contribution is -0.109. The molecule has 2 aliphatic carbocycles. The lowest BCUT2D eigenvalue weighted by atomic mass is 9.88. The van der Waals surface area contributed by atoms with Crippen LogP contribution in [0.1, 0.15) is 89.0 Å². The molecule has 390 valence electrons. The molecular weight excluding hydrogens is 1020 g/mol. The smallest absolute Gasteiger partial charge is 0.195 e. The molecule has 12 rings (SSSR count). The minimum atomic E-state index is -0.128. The fraction of sp³-hybridized carbons (Fsp3) is 0.0123. The highest BCUT2D eigenvalue weighted by Crippen LogP contribution is 2.52. The molecule has 0 saturated heterocycles. The molecule has 0 aromatic heterocycles. The molecule has 0 bridgehead atoms. The third kappa shape index (κ3) is 10.8. The van der Waals surface area contributed by atoms with Crippen molar-refractivity contribution in [2.45, 2.75) is 6.92 Å². The molecule has 0 aliphatic heterocycles. The highest BCUT2D eigenvalue weighted by molar-refractivity contribution is 6.60. The number of benzene rings is 10. The van der Waals surface area contributed by atoms with Crippen LogP contribution < -0.4 is 4.74 Å². The lowest BCUT2D eigenvalue weighted by Gasteiger charge is -2.16. The van der Waals surface area contributed by atoms with Gasteiger partial charge >= 0.3 is 0 Å². The fourth-order valence-electron chi connectivity index (χ4n) is 10.7. The van der Waals surface area contributed by atoms with Crippen LogP contribution in [0.3, 0.4) is 0 Å². The Morgan fingerprint density at radius 1 is 0.250 bits per heavy atom. The van der Waals surface area contributed by atoms with E-state index in [9.17, 15) is 0 Å². The summed E-state index contributed by atoms with van der Waals surface area (Å²) in [5.74, 6) is 22.2. The third-order valence-electron chi connectivity index (χ3n) is 14.9. The molecule has 0 radical (unpaired) electrons. The van der Waals surface area contributed by atoms with Gasteiger partial charge in [0.05, 0.1) is 0 Å². The van der Waals surface area contributed by atoms with Crippen LogP contribution in [-0.2, 0) is 9.59 Å². The van der Waals surface area contributed by atoms with E-state index in [1.165, 1.54) is 0 Å². The Labute approximate surface area is 490 Å². The van der Waals surface area contributed by atoms with Crippen molar-refractivity contribution in [1.29, 1.82) is 0 Å². The van der Waals surface area contributed by atoms with Gasteiger partial charge in [0.25, 0.3) is 0 Å². The minimum absolute atomic E-state index is 0.0884. The van der Waals surface area contributed by atoms with E-state index in [1.54, 1.807) is 0 Å². The summed E-state index contributed by atoms with van der Waals surface area (Å²) in [5, 5.41) is 0. The molecule has 10 aromatic carbocycles. The molecule has 0 atom stereocenters. The SMILES string of the molecule is C#Cc1ccc(C2=C(c3ccc(C#Cc4ccccc4)cc3)C(c3ccc(Oc4ccc(C5=C(c6ccc(C#C)cc6)C(=O)C(c6ccc(C)cc6)=C5c5ccc(C#Cc6ccccc6)cc5)cc4)cc3)=C(c3ccc(C#C)cc3)C2=O)cc1. The van der Waals surface area contributed by atoms with Gasteiger partial charge in [0.15, 0.2) is 11.6 Å². The van der Waals surface area contributed by atoms with Crippen LogP contribution in [0.25, 0.3) is 44.6 Å². The van der Waals surface area contributed by atoms with Crippen LogP contribution in [0.4, 0.5) is 0 Å². The maximum atomic E-state index is 15.3. The average molecular weight is 1070 g/mol. The molecule has 0 unspecified atom stereocenters. The third-order valence-corrected chi connectivity index (χ3v) is 14.9. The summed E-state index contributed by atoms with van der Waals surface area (Å²) >= 11 is 0. The van der Waals surface area contributed by atoms with Crippen LogP contribution in [0, 0.1) is 67.6 Å². The number of ether oxygens (including phenoxy) is 1. The maximum Gasteiger partial charge on any atom is 0.195 e. The van der Waals surface area contributed by atoms with Crippen molar-refractivity contribution >= 4 is 56.2 Å². The Morgan fingerprint density at radius 3 is 0.726 bits per heavy atom. The van der Waals surface area contributed by atoms with Gasteiger partial charge in [0.1, 0.15) is 11.5 Å². The van der Waals surface area contributed by atoms with Crippen molar-refractivity contribution in [1.82, 2.24) is 0 Å². The van der Waals surface area contributed by atoms with E-state index in [0.717, 1.165) is 94.6 Å². The Bertz CT molecular complexity index is 4620. The van der Waals surface area contributed by atoms with Gasteiger partial charge in [-0.15, -0.1) is 19.3 Å². The largest absolute Gasteiger partial charge is 0.457 e. The Balaban J connectivity index is 0.926. The van der Waals surface area contributed by atoms with Crippen molar-refractivity contribution in [3.05, 3.63) is 344 Å². The summed E-state index contributed by atoms with van der Waals surface area (Å²) in [5.41, 5.74) is 18.5. The number of carbonyl (C=O) groups is 2. The second kappa shape index (κ2) is 23.4. The van der Waals surface area contributed by atoms with E-state index in [4.69, 9.17) is 24.0 Å². The van der Waals surface area contributed by atoms with Crippen LogP contribution in [0.15, 0.2) is 255 Å². The second-order valence-corrected chi connectivity index (χ2v) is 20.2. The number of allylic oxidation sites excluding steroid dienone is 8. The zero-order valence-corrected chi connectivity index (χ0v) is 45.7. The normalized spacial score (nSPS) is 12.7. The zero-order valence-electron chi connectivity index (χ0n) is 45.7. The van der Waals surface area contributed by atoms with E-state index < -0.39 is 0 Å². The number of ketones is 2. The Morgan fingerprint density at radius 2 is 0.464 bits per heavy atom. The standard InChI is InChI=1S/C81H48O3/c1-5-55-24-36-67(37-25-55)77-73(63-44-32-61(33-45-63)23-21-59-16-12-9-13-17-59)75(79(81(77)83)69-40-28-57(7-3)29-41-69)65-48-52-71(53-49-65)84-70-50-46-64(47-51-70)74-72(62-42-30-60(31-43-62)22-20-58-14-10-8-11-15-58)76(66-34-18-54(4)19-35-66)80(82)78(74)68-38-26-56(6-2)27-39-68/h1-3,8-19,24-53H,4H3. The van der Waals surface area contributed by atoms with Gasteiger partial charge in [0.2, 0.25) is 0 Å². The number of hydrogen-bond donors (Lipinski definition) is 0. The Hall–Kier alpha value is -11.9. The maximum absolute atomic E-state index is 15.3. The number of terminal acetylenes is 3. The molecule has 84 heavy (non-hydrogen) atoms. The first-order valence-corrected chi connectivity index (χ1v) is 27.3. The summed E-state index contributed by atoms with van der Waals surface area (Å²) in [7, 11) is 0. The topological polar surface area (TPSA) is 43.4 Å². The van der Waals surface area contributed by atoms with E-state index in [1.807, 2.05) is 262 Å². The van der Waals surface area contributed by atoms with Gasteiger partial charge in [-0.2, -0.15) is 0 Å². The first-order valence-electron chi connectivity index (χ1n) is 27.3. The van der Waals surface area contributed by atoms with Crippen LogP contribution in [-0.4, -0.2) is 11.6 Å². The summed E-state index contributed by atoms with van der Waals surface area (Å²) in [6.45, 7) is 2.04. The molecule has 0 fully saturated rings. The molecule has 3 nitrogen and oxygen atoms in total. The first-order chi connectivity index (χ1) is 41.2. The van der Waals surface area contributed by atoms with Crippen molar-refractivity contribution in [3.8, 4) is 72.2 Å². The van der Waals surface area contributed by atoms with Gasteiger partial charge in [0, 0.05) is 83.5 Å². The highest BCUT2D eigenvalue weighted by Gasteiger charge is 2.37. The van der Waals surface area contributed by atoms with Crippen LogP contribution in [0.2, 0.25) is 0 Å². The summed E-state index contributed by atoms with van der Waals surface area (Å²) < 4.78 is 6.63. The summed E-state index contributed by atoms with van der Waals surface area (Å²) in [6, 6.07) is 82.3. The van der Waals surface area contributed by atoms with Crippen molar-refractivity contribution in [2.75, 3.05) is 0 Å². The van der Waals surface area contributed by atoms with Gasteiger partial charge < -0.3 is 4.74 Å². The average Bonchev–Trinajstić information content (AvgIpc) is 4.00. The van der Waals surface area contributed by atoms with E-state index in [0.29, 0.717) is 50.5 Å². The molecule has 0 saturated carbocycles. The second-order valence-electron chi connectivity index (χ2n) is 20.2. The molecule has 2 aliphatic rings. The molecule has 0 amide bonds.